The highest BCUT2D eigenvalue weighted by Crippen LogP contribution is 2.10. The van der Waals surface area contributed by atoms with Gasteiger partial charge in [0.1, 0.15) is 0 Å². The van der Waals surface area contributed by atoms with Gasteiger partial charge in [0.25, 0.3) is 0 Å². The molecule has 43 heavy (non-hydrogen) atoms. The zero-order chi connectivity index (χ0) is 31.2. The normalized spacial score (nSPS) is 11.7. The topological polar surface area (TPSA) is 92.3 Å². The van der Waals surface area contributed by atoms with Crippen LogP contribution >= 0.6 is 0 Å². The van der Waals surface area contributed by atoms with Crippen LogP contribution in [0.25, 0.3) is 0 Å². The molecule has 0 spiro atoms. The standard InChI is InChI=1S/C33H68O10/c1-4-5-6-7-8-9-10-11-12-13-14-34-15-16-35-17-18-36-19-20-37-21-22-38-23-24-39-25-26-40-27-28-41-29-30-42-31-32-43-33(2)3/h33H,4-32H2,1-3H3. The SMILES string of the molecule is CCCCCCCCCCCCOCCOCCOCCOCCOCCOCCOCCOCCOCCOC(C)C. The summed E-state index contributed by atoms with van der Waals surface area (Å²) in [5.74, 6) is 0. The Labute approximate surface area is 264 Å². The van der Waals surface area contributed by atoms with Crippen LogP contribution < -0.4 is 0 Å². The summed E-state index contributed by atoms with van der Waals surface area (Å²) in [7, 11) is 0. The molecule has 0 aliphatic carbocycles. The molecular formula is C33H68O10. The Morgan fingerprint density at radius 1 is 0.279 bits per heavy atom. The predicted octanol–water partition coefficient (Wildman–Crippen LogP) is 5.48. The summed E-state index contributed by atoms with van der Waals surface area (Å²) in [6, 6.07) is 0. The first kappa shape index (κ1) is 42.6. The number of hydrogen-bond acceptors (Lipinski definition) is 10. The molecule has 0 rings (SSSR count). The Morgan fingerprint density at radius 2 is 0.512 bits per heavy atom. The van der Waals surface area contributed by atoms with Crippen molar-refractivity contribution in [1.82, 2.24) is 0 Å². The molecule has 10 nitrogen and oxygen atoms in total. The van der Waals surface area contributed by atoms with Crippen LogP contribution in [0.1, 0.15) is 85.0 Å². The predicted molar refractivity (Wildman–Crippen MR) is 170 cm³/mol. The largest absolute Gasteiger partial charge is 0.379 e. The molecule has 0 aliphatic rings. The highest BCUT2D eigenvalue weighted by Gasteiger charge is 1.97. The fourth-order valence-electron chi connectivity index (χ4n) is 3.90. The molecule has 260 valence electrons. The molecular weight excluding hydrogens is 556 g/mol. The van der Waals surface area contributed by atoms with Crippen molar-refractivity contribution in [1.29, 1.82) is 0 Å². The lowest BCUT2D eigenvalue weighted by Crippen LogP contribution is -2.15. The number of hydrogen-bond donors (Lipinski definition) is 0. The highest BCUT2D eigenvalue weighted by molar-refractivity contribution is 4.47. The lowest BCUT2D eigenvalue weighted by Gasteiger charge is -2.09. The molecule has 0 atom stereocenters. The summed E-state index contributed by atoms with van der Waals surface area (Å²) in [6.45, 7) is 17.3. The van der Waals surface area contributed by atoms with E-state index in [1.807, 2.05) is 13.8 Å². The summed E-state index contributed by atoms with van der Waals surface area (Å²) in [5, 5.41) is 0. The van der Waals surface area contributed by atoms with Crippen LogP contribution in [0.4, 0.5) is 0 Å². The molecule has 0 radical (unpaired) electrons. The quantitative estimate of drug-likeness (QED) is 0.0819. The summed E-state index contributed by atoms with van der Waals surface area (Å²) in [6.07, 6.45) is 13.7. The van der Waals surface area contributed by atoms with Crippen LogP contribution in [0.15, 0.2) is 0 Å². The van der Waals surface area contributed by atoms with E-state index in [-0.39, 0.29) is 6.10 Å². The number of ether oxygens (including phenoxy) is 10. The van der Waals surface area contributed by atoms with Crippen LogP contribution in [-0.2, 0) is 47.4 Å². The lowest BCUT2D eigenvalue weighted by atomic mass is 10.1. The molecule has 0 aliphatic heterocycles. The first-order chi connectivity index (χ1) is 21.3. The van der Waals surface area contributed by atoms with E-state index in [4.69, 9.17) is 47.4 Å². The van der Waals surface area contributed by atoms with E-state index in [1.54, 1.807) is 0 Å². The molecule has 0 bridgehead atoms. The van der Waals surface area contributed by atoms with Gasteiger partial charge in [-0.15, -0.1) is 0 Å². The van der Waals surface area contributed by atoms with Gasteiger partial charge in [0.15, 0.2) is 0 Å². The van der Waals surface area contributed by atoms with E-state index in [2.05, 4.69) is 6.92 Å². The minimum Gasteiger partial charge on any atom is -0.379 e. The fourth-order valence-corrected chi connectivity index (χ4v) is 3.90. The Morgan fingerprint density at radius 3 is 0.791 bits per heavy atom. The number of rotatable bonds is 39. The van der Waals surface area contributed by atoms with Crippen molar-refractivity contribution >= 4 is 0 Å². The molecule has 0 unspecified atom stereocenters. The zero-order valence-corrected chi connectivity index (χ0v) is 28.2. The lowest BCUT2D eigenvalue weighted by molar-refractivity contribution is -0.0279. The van der Waals surface area contributed by atoms with Crippen LogP contribution in [0.5, 0.6) is 0 Å². The average molecular weight is 625 g/mol. The van der Waals surface area contributed by atoms with Crippen molar-refractivity contribution in [3.63, 3.8) is 0 Å². The van der Waals surface area contributed by atoms with Gasteiger partial charge in [0.05, 0.1) is 125 Å². The monoisotopic (exact) mass is 624 g/mol. The van der Waals surface area contributed by atoms with Gasteiger partial charge >= 0.3 is 0 Å². The van der Waals surface area contributed by atoms with E-state index in [9.17, 15) is 0 Å². The summed E-state index contributed by atoms with van der Waals surface area (Å²) in [5.41, 5.74) is 0. The van der Waals surface area contributed by atoms with Crippen molar-refractivity contribution in [2.24, 2.45) is 0 Å². The molecule has 0 saturated heterocycles. The van der Waals surface area contributed by atoms with E-state index in [0.29, 0.717) is 119 Å². The molecule has 0 fully saturated rings. The molecule has 0 aromatic rings. The van der Waals surface area contributed by atoms with Gasteiger partial charge < -0.3 is 47.4 Å². The molecule has 0 aromatic carbocycles. The van der Waals surface area contributed by atoms with E-state index in [0.717, 1.165) is 13.0 Å². The van der Waals surface area contributed by atoms with Crippen molar-refractivity contribution in [2.75, 3.05) is 126 Å². The Kier molecular flexibility index (Phi) is 39.3. The van der Waals surface area contributed by atoms with Gasteiger partial charge in [0.2, 0.25) is 0 Å². The van der Waals surface area contributed by atoms with Gasteiger partial charge in [-0.25, -0.2) is 0 Å². The summed E-state index contributed by atoms with van der Waals surface area (Å²) >= 11 is 0. The first-order valence-corrected chi connectivity index (χ1v) is 17.1. The second kappa shape index (κ2) is 39.6. The zero-order valence-electron chi connectivity index (χ0n) is 28.2. The van der Waals surface area contributed by atoms with Crippen molar-refractivity contribution in [2.45, 2.75) is 91.1 Å². The molecule has 10 heteroatoms. The van der Waals surface area contributed by atoms with Gasteiger partial charge in [-0.3, -0.25) is 0 Å². The molecule has 0 saturated carbocycles. The van der Waals surface area contributed by atoms with Crippen LogP contribution in [0.3, 0.4) is 0 Å². The molecule has 0 amide bonds. The Balaban J connectivity index is 3.03. The smallest absolute Gasteiger partial charge is 0.0703 e. The van der Waals surface area contributed by atoms with Gasteiger partial charge in [-0.1, -0.05) is 64.7 Å². The van der Waals surface area contributed by atoms with E-state index < -0.39 is 0 Å². The summed E-state index contributed by atoms with van der Waals surface area (Å²) in [4.78, 5) is 0. The van der Waals surface area contributed by atoms with Gasteiger partial charge in [-0.2, -0.15) is 0 Å². The molecule has 0 aromatic heterocycles. The third kappa shape index (κ3) is 41.6. The van der Waals surface area contributed by atoms with Crippen LogP contribution in [-0.4, -0.2) is 132 Å². The second-order valence-corrected chi connectivity index (χ2v) is 10.6. The van der Waals surface area contributed by atoms with Crippen molar-refractivity contribution < 1.29 is 47.4 Å². The van der Waals surface area contributed by atoms with Gasteiger partial charge in [-0.05, 0) is 20.3 Å². The van der Waals surface area contributed by atoms with Crippen LogP contribution in [0, 0.1) is 0 Å². The molecule has 0 heterocycles. The minimum atomic E-state index is 0.237. The maximum absolute atomic E-state index is 5.64. The van der Waals surface area contributed by atoms with Crippen molar-refractivity contribution in [3.8, 4) is 0 Å². The number of unbranched alkanes of at least 4 members (excludes halogenated alkanes) is 9. The molecule has 0 N–H and O–H groups in total. The van der Waals surface area contributed by atoms with Gasteiger partial charge in [0, 0.05) is 6.61 Å². The minimum absolute atomic E-state index is 0.237. The van der Waals surface area contributed by atoms with Crippen LogP contribution in [0.2, 0.25) is 0 Å². The maximum atomic E-state index is 5.64. The van der Waals surface area contributed by atoms with E-state index >= 15 is 0 Å². The fraction of sp³-hybridized carbons (Fsp3) is 1.00. The summed E-state index contributed by atoms with van der Waals surface area (Å²) < 4.78 is 54.9. The highest BCUT2D eigenvalue weighted by atomic mass is 16.6. The average Bonchev–Trinajstić information content (AvgIpc) is 3.00. The first-order valence-electron chi connectivity index (χ1n) is 17.1. The Bertz CT molecular complexity index is 485. The second-order valence-electron chi connectivity index (χ2n) is 10.6. The Hall–Kier alpha value is -0.400. The van der Waals surface area contributed by atoms with E-state index in [1.165, 1.54) is 57.8 Å². The van der Waals surface area contributed by atoms with Crippen molar-refractivity contribution in [3.05, 3.63) is 0 Å². The third-order valence-corrected chi connectivity index (χ3v) is 6.30. The maximum Gasteiger partial charge on any atom is 0.0703 e. The third-order valence-electron chi connectivity index (χ3n) is 6.30.